The Bertz CT molecular complexity index is 366. The topological polar surface area (TPSA) is 61.0 Å². The normalized spacial score (nSPS) is 10.2. The molecule has 0 fully saturated rings. The van der Waals surface area contributed by atoms with Gasteiger partial charge >= 0.3 is 0 Å². The minimum atomic E-state index is 0.389. The molecule has 0 aliphatic carbocycles. The van der Waals surface area contributed by atoms with Crippen LogP contribution in [0.4, 0.5) is 5.69 Å². The lowest BCUT2D eigenvalue weighted by atomic mass is 10.2. The number of benzene rings is 1. The van der Waals surface area contributed by atoms with Gasteiger partial charge in [-0.3, -0.25) is 5.01 Å². The second kappa shape index (κ2) is 5.73. The molecule has 78 valence electrons. The van der Waals surface area contributed by atoms with E-state index in [1.807, 2.05) is 6.07 Å². The SMILES string of the molecule is COCN(C)N=Nc1ccc(C#N)cc1. The van der Waals surface area contributed by atoms with Crippen molar-refractivity contribution in [1.82, 2.24) is 5.01 Å². The number of rotatable bonds is 4. The fraction of sp³-hybridized carbons (Fsp3) is 0.300. The molecule has 0 aliphatic heterocycles. The zero-order chi connectivity index (χ0) is 11.1. The molecule has 0 saturated carbocycles. The molecule has 5 nitrogen and oxygen atoms in total. The van der Waals surface area contributed by atoms with Gasteiger partial charge in [-0.15, -0.1) is 5.11 Å². The zero-order valence-electron chi connectivity index (χ0n) is 8.71. The van der Waals surface area contributed by atoms with Crippen molar-refractivity contribution in [1.29, 1.82) is 5.26 Å². The van der Waals surface area contributed by atoms with E-state index in [4.69, 9.17) is 10.00 Å². The molecule has 15 heavy (non-hydrogen) atoms. The van der Waals surface area contributed by atoms with Gasteiger partial charge in [0.2, 0.25) is 0 Å². The Labute approximate surface area is 88.6 Å². The van der Waals surface area contributed by atoms with Crippen LogP contribution in [-0.4, -0.2) is 25.9 Å². The van der Waals surface area contributed by atoms with Gasteiger partial charge in [0.15, 0.2) is 0 Å². The van der Waals surface area contributed by atoms with E-state index in [9.17, 15) is 0 Å². The third-order valence-electron chi connectivity index (χ3n) is 1.63. The van der Waals surface area contributed by atoms with Gasteiger partial charge < -0.3 is 4.74 Å². The Morgan fingerprint density at radius 1 is 1.40 bits per heavy atom. The first kappa shape index (κ1) is 11.1. The van der Waals surface area contributed by atoms with Gasteiger partial charge in [-0.2, -0.15) is 5.26 Å². The van der Waals surface area contributed by atoms with Crippen LogP contribution >= 0.6 is 0 Å². The van der Waals surface area contributed by atoms with E-state index in [0.717, 1.165) is 0 Å². The molecule has 0 bridgehead atoms. The summed E-state index contributed by atoms with van der Waals surface area (Å²) in [5, 5.41) is 18.0. The van der Waals surface area contributed by atoms with Crippen LogP contribution in [0.15, 0.2) is 34.6 Å². The molecule has 0 aromatic heterocycles. The molecule has 0 unspecified atom stereocenters. The van der Waals surface area contributed by atoms with Crippen molar-refractivity contribution < 1.29 is 4.74 Å². The van der Waals surface area contributed by atoms with Crippen molar-refractivity contribution in [3.63, 3.8) is 0 Å². The molecule has 0 N–H and O–H groups in total. The average Bonchev–Trinajstić information content (AvgIpc) is 2.27. The molecule has 0 amide bonds. The molecule has 0 saturated heterocycles. The second-order valence-electron chi connectivity index (χ2n) is 2.92. The van der Waals surface area contributed by atoms with Crippen LogP contribution in [0.2, 0.25) is 0 Å². The number of nitrogens with zero attached hydrogens (tertiary/aromatic N) is 4. The van der Waals surface area contributed by atoms with Gasteiger partial charge in [0.05, 0.1) is 17.3 Å². The highest BCUT2D eigenvalue weighted by atomic mass is 16.5. The van der Waals surface area contributed by atoms with Crippen LogP contribution < -0.4 is 0 Å². The van der Waals surface area contributed by atoms with E-state index in [-0.39, 0.29) is 0 Å². The summed E-state index contributed by atoms with van der Waals surface area (Å²) in [4.78, 5) is 0. The third-order valence-corrected chi connectivity index (χ3v) is 1.63. The van der Waals surface area contributed by atoms with Crippen molar-refractivity contribution in [2.75, 3.05) is 20.9 Å². The Kier molecular flexibility index (Phi) is 4.26. The maximum Gasteiger partial charge on any atom is 0.135 e. The number of methoxy groups -OCH3 is 1. The Hall–Kier alpha value is -1.93. The predicted octanol–water partition coefficient (Wildman–Crippen LogP) is 2.09. The first-order valence-electron chi connectivity index (χ1n) is 4.38. The van der Waals surface area contributed by atoms with Crippen LogP contribution in [0, 0.1) is 11.3 Å². The molecule has 1 aromatic carbocycles. The van der Waals surface area contributed by atoms with Crippen molar-refractivity contribution in [3.8, 4) is 6.07 Å². The summed E-state index contributed by atoms with van der Waals surface area (Å²) in [5.74, 6) is 0. The quantitative estimate of drug-likeness (QED) is 0.428. The van der Waals surface area contributed by atoms with Gasteiger partial charge in [-0.25, -0.2) is 0 Å². The Balaban J connectivity index is 2.61. The molecular formula is C10H12N4O. The summed E-state index contributed by atoms with van der Waals surface area (Å²) >= 11 is 0. The van der Waals surface area contributed by atoms with E-state index in [1.165, 1.54) is 0 Å². The fourth-order valence-corrected chi connectivity index (χ4v) is 0.943. The summed E-state index contributed by atoms with van der Waals surface area (Å²) in [7, 11) is 3.35. The zero-order valence-corrected chi connectivity index (χ0v) is 8.71. The maximum absolute atomic E-state index is 8.59. The van der Waals surface area contributed by atoms with Gasteiger partial charge in [-0.1, -0.05) is 5.22 Å². The molecule has 0 radical (unpaired) electrons. The summed E-state index contributed by atoms with van der Waals surface area (Å²) in [6, 6.07) is 8.91. The van der Waals surface area contributed by atoms with Gasteiger partial charge in [0, 0.05) is 14.2 Å². The smallest absolute Gasteiger partial charge is 0.135 e. The minimum Gasteiger partial charge on any atom is -0.363 e. The van der Waals surface area contributed by atoms with Gasteiger partial charge in [-0.05, 0) is 24.3 Å². The van der Waals surface area contributed by atoms with Crippen LogP contribution in [0.3, 0.4) is 0 Å². The van der Waals surface area contributed by atoms with Gasteiger partial charge in [0.25, 0.3) is 0 Å². The van der Waals surface area contributed by atoms with Crippen molar-refractivity contribution in [3.05, 3.63) is 29.8 Å². The Morgan fingerprint density at radius 2 is 2.07 bits per heavy atom. The third kappa shape index (κ3) is 3.75. The maximum atomic E-state index is 8.59. The molecule has 5 heteroatoms. The highest BCUT2D eigenvalue weighted by Crippen LogP contribution is 2.13. The standard InChI is InChI=1S/C10H12N4O/c1-14(8-15-2)13-12-10-5-3-9(7-11)4-6-10/h3-6H,8H2,1-2H3. The van der Waals surface area contributed by atoms with E-state index >= 15 is 0 Å². The molecule has 1 aromatic rings. The molecule has 1 rings (SSSR count). The largest absolute Gasteiger partial charge is 0.363 e. The monoisotopic (exact) mass is 204 g/mol. The lowest BCUT2D eigenvalue weighted by Gasteiger charge is -2.08. The summed E-state index contributed by atoms with van der Waals surface area (Å²) in [6.45, 7) is 0.389. The van der Waals surface area contributed by atoms with Crippen molar-refractivity contribution in [2.24, 2.45) is 10.3 Å². The number of hydrogen-bond acceptors (Lipinski definition) is 4. The average molecular weight is 204 g/mol. The minimum absolute atomic E-state index is 0.389. The second-order valence-corrected chi connectivity index (χ2v) is 2.92. The number of hydrogen-bond donors (Lipinski definition) is 0. The number of ether oxygens (including phenoxy) is 1. The molecule has 0 spiro atoms. The predicted molar refractivity (Wildman–Crippen MR) is 55.3 cm³/mol. The lowest BCUT2D eigenvalue weighted by Crippen LogP contribution is -2.12. The van der Waals surface area contributed by atoms with E-state index in [0.29, 0.717) is 18.0 Å². The summed E-state index contributed by atoms with van der Waals surface area (Å²) in [5.41, 5.74) is 1.32. The van der Waals surface area contributed by atoms with E-state index in [1.54, 1.807) is 43.4 Å². The fourth-order valence-electron chi connectivity index (χ4n) is 0.943. The van der Waals surface area contributed by atoms with Crippen LogP contribution in [-0.2, 0) is 4.74 Å². The molecule has 0 heterocycles. The van der Waals surface area contributed by atoms with Crippen molar-refractivity contribution in [2.45, 2.75) is 0 Å². The van der Waals surface area contributed by atoms with Crippen LogP contribution in [0.25, 0.3) is 0 Å². The highest BCUT2D eigenvalue weighted by molar-refractivity contribution is 5.41. The number of nitriles is 1. The van der Waals surface area contributed by atoms with Crippen LogP contribution in [0.5, 0.6) is 0 Å². The highest BCUT2D eigenvalue weighted by Gasteiger charge is 1.93. The van der Waals surface area contributed by atoms with Crippen LogP contribution in [0.1, 0.15) is 5.56 Å². The Morgan fingerprint density at radius 3 is 2.60 bits per heavy atom. The van der Waals surface area contributed by atoms with Gasteiger partial charge in [0.1, 0.15) is 6.73 Å². The first-order valence-corrected chi connectivity index (χ1v) is 4.38. The molecular weight excluding hydrogens is 192 g/mol. The van der Waals surface area contributed by atoms with Crippen molar-refractivity contribution >= 4 is 5.69 Å². The van der Waals surface area contributed by atoms with E-state index in [2.05, 4.69) is 10.3 Å². The first-order chi connectivity index (χ1) is 7.26. The molecule has 0 atom stereocenters. The lowest BCUT2D eigenvalue weighted by molar-refractivity contribution is 0.0788. The van der Waals surface area contributed by atoms with E-state index < -0.39 is 0 Å². The summed E-state index contributed by atoms with van der Waals surface area (Å²) < 4.78 is 4.86. The summed E-state index contributed by atoms with van der Waals surface area (Å²) in [6.07, 6.45) is 0. The molecule has 0 aliphatic rings.